The molecule has 0 bridgehead atoms. The van der Waals surface area contributed by atoms with Crippen molar-refractivity contribution in [2.24, 2.45) is 0 Å². The molecule has 0 spiro atoms. The summed E-state index contributed by atoms with van der Waals surface area (Å²) in [6.07, 6.45) is 30.4. The Balaban J connectivity index is 3.93. The Morgan fingerprint density at radius 3 is 1.77 bits per heavy atom. The van der Waals surface area contributed by atoms with Crippen molar-refractivity contribution in [1.29, 1.82) is 0 Å². The van der Waals surface area contributed by atoms with Crippen molar-refractivity contribution in [2.45, 2.75) is 77.4 Å². The predicted molar refractivity (Wildman–Crippen MR) is 128 cm³/mol. The second-order valence-electron chi connectivity index (χ2n) is 6.98. The molecule has 0 saturated heterocycles. The molecule has 4 heteroatoms. The first kappa shape index (κ1) is 27.8. The molecule has 2 atom stereocenters. The number of allylic oxidation sites excluding steroid dienone is 10. The van der Waals surface area contributed by atoms with E-state index in [1.807, 2.05) is 19.1 Å². The predicted octanol–water partition coefficient (Wildman–Crippen LogP) is 5.32. The van der Waals surface area contributed by atoms with E-state index in [9.17, 15) is 15.0 Å². The average Bonchev–Trinajstić information content (AvgIpc) is 2.74. The first-order chi connectivity index (χ1) is 14.7. The minimum absolute atomic E-state index is 0.210. The molecule has 0 radical (unpaired) electrons. The summed E-state index contributed by atoms with van der Waals surface area (Å²) < 4.78 is 0. The van der Waals surface area contributed by atoms with Crippen LogP contribution < -0.4 is 5.32 Å². The molecule has 0 aliphatic rings. The maximum atomic E-state index is 11.9. The molecule has 4 nitrogen and oxygen atoms in total. The molecule has 0 aliphatic heterocycles. The highest BCUT2D eigenvalue weighted by molar-refractivity contribution is 5.77. The van der Waals surface area contributed by atoms with E-state index in [1.165, 1.54) is 0 Å². The van der Waals surface area contributed by atoms with Crippen LogP contribution in [-0.4, -0.2) is 34.9 Å². The normalized spacial score (nSPS) is 14.9. The van der Waals surface area contributed by atoms with Crippen molar-refractivity contribution < 1.29 is 15.0 Å². The number of hydrogen-bond donors (Lipinski definition) is 3. The van der Waals surface area contributed by atoms with E-state index in [4.69, 9.17) is 0 Å². The van der Waals surface area contributed by atoms with Crippen LogP contribution in [0.5, 0.6) is 0 Å². The molecule has 0 heterocycles. The van der Waals surface area contributed by atoms with Crippen molar-refractivity contribution in [3.05, 3.63) is 72.9 Å². The fraction of sp³-hybridized carbons (Fsp3) is 0.500. The smallest absolute Gasteiger partial charge is 0.224 e. The monoisotopic (exact) mass is 415 g/mol. The molecule has 30 heavy (non-hydrogen) atoms. The zero-order valence-corrected chi connectivity index (χ0v) is 18.7. The lowest BCUT2D eigenvalue weighted by Gasteiger charge is -2.19. The van der Waals surface area contributed by atoms with Crippen molar-refractivity contribution in [3.63, 3.8) is 0 Å². The number of aliphatic hydroxyl groups excluding tert-OH is 2. The maximum absolute atomic E-state index is 11.9. The van der Waals surface area contributed by atoms with Gasteiger partial charge in [0.15, 0.2) is 0 Å². The maximum Gasteiger partial charge on any atom is 0.224 e. The quantitative estimate of drug-likeness (QED) is 0.282. The summed E-state index contributed by atoms with van der Waals surface area (Å²) in [6.45, 7) is 3.89. The summed E-state index contributed by atoms with van der Waals surface area (Å²) in [5.41, 5.74) is 0. The van der Waals surface area contributed by atoms with Gasteiger partial charge in [0, 0.05) is 6.42 Å². The third-order valence-corrected chi connectivity index (χ3v) is 4.20. The first-order valence-corrected chi connectivity index (χ1v) is 11.2. The van der Waals surface area contributed by atoms with Crippen LogP contribution in [0, 0.1) is 0 Å². The summed E-state index contributed by atoms with van der Waals surface area (Å²) in [5, 5.41) is 22.0. The van der Waals surface area contributed by atoms with Crippen molar-refractivity contribution in [1.82, 2.24) is 5.32 Å². The Kier molecular flexibility index (Phi) is 20.0. The van der Waals surface area contributed by atoms with Gasteiger partial charge >= 0.3 is 0 Å². The van der Waals surface area contributed by atoms with Gasteiger partial charge in [-0.15, -0.1) is 0 Å². The molecule has 0 aliphatic carbocycles. The molecule has 0 rings (SSSR count). The van der Waals surface area contributed by atoms with Crippen molar-refractivity contribution in [2.75, 3.05) is 6.61 Å². The Hall–Kier alpha value is -2.17. The van der Waals surface area contributed by atoms with E-state index < -0.39 is 12.1 Å². The largest absolute Gasteiger partial charge is 0.394 e. The molecule has 0 saturated carbocycles. The zero-order chi connectivity index (χ0) is 22.3. The summed E-state index contributed by atoms with van der Waals surface area (Å²) in [5.74, 6) is -0.210. The minimum Gasteiger partial charge on any atom is -0.394 e. The van der Waals surface area contributed by atoms with Gasteiger partial charge in [-0.1, -0.05) is 93.2 Å². The fourth-order valence-electron chi connectivity index (χ4n) is 2.48. The van der Waals surface area contributed by atoms with Gasteiger partial charge in [-0.05, 0) is 38.5 Å². The third kappa shape index (κ3) is 17.9. The molecule has 0 aromatic carbocycles. The van der Waals surface area contributed by atoms with Gasteiger partial charge in [-0.2, -0.15) is 0 Å². The van der Waals surface area contributed by atoms with Gasteiger partial charge in [0.2, 0.25) is 5.91 Å². The van der Waals surface area contributed by atoms with Crippen LogP contribution in [0.3, 0.4) is 0 Å². The summed E-state index contributed by atoms with van der Waals surface area (Å²) in [4.78, 5) is 11.9. The summed E-state index contributed by atoms with van der Waals surface area (Å²) >= 11 is 0. The molecule has 168 valence electrons. The van der Waals surface area contributed by atoms with Gasteiger partial charge in [-0.3, -0.25) is 4.79 Å². The van der Waals surface area contributed by atoms with Crippen LogP contribution in [0.1, 0.15) is 65.2 Å². The molecule has 2 unspecified atom stereocenters. The van der Waals surface area contributed by atoms with E-state index in [1.54, 1.807) is 12.2 Å². The number of amides is 1. The van der Waals surface area contributed by atoms with Gasteiger partial charge in [-0.25, -0.2) is 0 Å². The lowest BCUT2D eigenvalue weighted by Crippen LogP contribution is -2.44. The Morgan fingerprint density at radius 1 is 0.800 bits per heavy atom. The molecule has 3 N–H and O–H groups in total. The topological polar surface area (TPSA) is 69.6 Å². The van der Waals surface area contributed by atoms with Gasteiger partial charge in [0.1, 0.15) is 0 Å². The van der Waals surface area contributed by atoms with Crippen LogP contribution >= 0.6 is 0 Å². The fourth-order valence-corrected chi connectivity index (χ4v) is 2.48. The van der Waals surface area contributed by atoms with Crippen LogP contribution in [0.4, 0.5) is 0 Å². The average molecular weight is 416 g/mol. The highest BCUT2D eigenvalue weighted by Gasteiger charge is 2.17. The molecular weight excluding hydrogens is 374 g/mol. The Bertz CT molecular complexity index is 585. The van der Waals surface area contributed by atoms with Crippen LogP contribution in [-0.2, 0) is 4.79 Å². The first-order valence-electron chi connectivity index (χ1n) is 11.2. The lowest BCUT2D eigenvalue weighted by atomic mass is 10.1. The number of nitrogens with one attached hydrogen (secondary N) is 1. The summed E-state index contributed by atoms with van der Waals surface area (Å²) in [7, 11) is 0. The van der Waals surface area contributed by atoms with Crippen LogP contribution in [0.15, 0.2) is 72.9 Å². The van der Waals surface area contributed by atoms with Crippen molar-refractivity contribution in [3.8, 4) is 0 Å². The van der Waals surface area contributed by atoms with Gasteiger partial charge in [0.25, 0.3) is 0 Å². The lowest BCUT2D eigenvalue weighted by molar-refractivity contribution is -0.122. The second kappa shape index (κ2) is 21.5. The highest BCUT2D eigenvalue weighted by Crippen LogP contribution is 2.00. The molecule has 1 amide bonds. The molecule has 0 fully saturated rings. The van der Waals surface area contributed by atoms with E-state index in [0.29, 0.717) is 0 Å². The number of carbonyl (C=O) groups is 1. The van der Waals surface area contributed by atoms with Gasteiger partial charge < -0.3 is 15.5 Å². The van der Waals surface area contributed by atoms with E-state index >= 15 is 0 Å². The molecule has 0 aromatic heterocycles. The van der Waals surface area contributed by atoms with E-state index in [0.717, 1.165) is 44.9 Å². The SMILES string of the molecule is CC/C=C\C/C=C\C/C=C\C/C=C\C/C=C\CC(=O)NC(CO)C(O)/C=C/CCC. The van der Waals surface area contributed by atoms with E-state index in [-0.39, 0.29) is 18.9 Å². The number of rotatable bonds is 17. The molecule has 0 aromatic rings. The number of carbonyl (C=O) groups excluding carboxylic acids is 1. The zero-order valence-electron chi connectivity index (χ0n) is 18.7. The molecular formula is C26H41NO3. The Labute approximate surface area is 183 Å². The van der Waals surface area contributed by atoms with Crippen LogP contribution in [0.2, 0.25) is 0 Å². The standard InChI is InChI=1S/C26H41NO3/c1-3-5-7-8-9-10-11-12-13-14-15-16-17-18-20-22-26(30)27-24(23-28)25(29)21-19-6-4-2/h5,7,9-10,12-13,15-16,18-21,24-25,28-29H,3-4,6,8,11,14,17,22-23H2,1-2H3,(H,27,30)/b7-5-,10-9-,13-12-,16-15-,20-18-,21-19+. The minimum atomic E-state index is -0.876. The third-order valence-electron chi connectivity index (χ3n) is 4.20. The summed E-state index contributed by atoms with van der Waals surface area (Å²) in [6, 6.07) is -0.673. The van der Waals surface area contributed by atoms with E-state index in [2.05, 4.69) is 60.8 Å². The second-order valence-corrected chi connectivity index (χ2v) is 6.98. The number of hydrogen-bond acceptors (Lipinski definition) is 3. The van der Waals surface area contributed by atoms with Crippen LogP contribution in [0.25, 0.3) is 0 Å². The Morgan fingerprint density at radius 2 is 1.30 bits per heavy atom. The number of unbranched alkanes of at least 4 members (excludes halogenated alkanes) is 1. The van der Waals surface area contributed by atoms with Gasteiger partial charge in [0.05, 0.1) is 18.8 Å². The number of aliphatic hydroxyl groups is 2. The van der Waals surface area contributed by atoms with Crippen molar-refractivity contribution >= 4 is 5.91 Å². The highest BCUT2D eigenvalue weighted by atomic mass is 16.3.